The Labute approximate surface area is 149 Å². The third kappa shape index (κ3) is 3.87. The van der Waals surface area contributed by atoms with Crippen LogP contribution >= 0.6 is 0 Å². The topological polar surface area (TPSA) is 82.7 Å². The number of aromatic nitrogens is 2. The van der Waals surface area contributed by atoms with Gasteiger partial charge in [-0.05, 0) is 44.2 Å². The van der Waals surface area contributed by atoms with E-state index >= 15 is 0 Å². The Morgan fingerprint density at radius 3 is 2.64 bits per heavy atom. The molecule has 0 radical (unpaired) electrons. The molecular weight excluding hydrogens is 320 g/mol. The molecule has 0 aliphatic carbocycles. The number of carbonyl (C=O) groups is 1. The fourth-order valence-electron chi connectivity index (χ4n) is 4.19. The molecule has 1 unspecified atom stereocenters. The zero-order chi connectivity index (χ0) is 18.0. The van der Waals surface area contributed by atoms with E-state index in [9.17, 15) is 4.79 Å². The zero-order valence-corrected chi connectivity index (χ0v) is 15.6. The van der Waals surface area contributed by atoms with Crippen LogP contribution in [0.1, 0.15) is 57.4 Å². The standard InChI is InChI=1S/C18H30N4O3/c1-13(2)17(24)22-12-18(5-8-21(9-6-18)7-4-10-23)11-15(22)16-20-19-14(3)25-16/h13,15,23H,4-12H2,1-3H3. The highest BCUT2D eigenvalue weighted by atomic mass is 16.4. The van der Waals surface area contributed by atoms with Crippen molar-refractivity contribution in [1.29, 1.82) is 0 Å². The molecule has 7 nitrogen and oxygen atoms in total. The predicted molar refractivity (Wildman–Crippen MR) is 92.8 cm³/mol. The maximum atomic E-state index is 12.8. The molecule has 1 spiro atoms. The van der Waals surface area contributed by atoms with Gasteiger partial charge in [0.25, 0.3) is 0 Å². The molecule has 2 saturated heterocycles. The number of hydrogen-bond acceptors (Lipinski definition) is 6. The highest BCUT2D eigenvalue weighted by molar-refractivity contribution is 5.79. The largest absolute Gasteiger partial charge is 0.423 e. The normalized spacial score (nSPS) is 23.7. The summed E-state index contributed by atoms with van der Waals surface area (Å²) in [6.45, 7) is 9.71. The highest BCUT2D eigenvalue weighted by Gasteiger charge is 2.49. The monoisotopic (exact) mass is 350 g/mol. The van der Waals surface area contributed by atoms with E-state index in [-0.39, 0.29) is 29.9 Å². The van der Waals surface area contributed by atoms with E-state index in [1.165, 1.54) is 0 Å². The van der Waals surface area contributed by atoms with Gasteiger partial charge in [0, 0.05) is 32.5 Å². The summed E-state index contributed by atoms with van der Waals surface area (Å²) in [7, 11) is 0. The van der Waals surface area contributed by atoms with E-state index in [2.05, 4.69) is 15.1 Å². The number of aliphatic hydroxyl groups excluding tert-OH is 1. The average molecular weight is 350 g/mol. The van der Waals surface area contributed by atoms with Gasteiger partial charge in [-0.2, -0.15) is 0 Å². The Hall–Kier alpha value is -1.47. The van der Waals surface area contributed by atoms with Crippen LogP contribution in [0.25, 0.3) is 0 Å². The number of aliphatic hydroxyl groups is 1. The van der Waals surface area contributed by atoms with E-state index in [0.29, 0.717) is 11.8 Å². The second-order valence-electron chi connectivity index (χ2n) is 7.92. The molecule has 2 aliphatic rings. The van der Waals surface area contributed by atoms with Gasteiger partial charge in [0.15, 0.2) is 0 Å². The fourth-order valence-corrected chi connectivity index (χ4v) is 4.19. The van der Waals surface area contributed by atoms with Crippen LogP contribution in [0.3, 0.4) is 0 Å². The Bertz CT molecular complexity index is 593. The number of likely N-dealkylation sites (tertiary alicyclic amines) is 2. The van der Waals surface area contributed by atoms with Gasteiger partial charge in [0.1, 0.15) is 6.04 Å². The van der Waals surface area contributed by atoms with E-state index < -0.39 is 0 Å². The summed E-state index contributed by atoms with van der Waals surface area (Å²) in [4.78, 5) is 17.2. The molecule has 2 fully saturated rings. The maximum absolute atomic E-state index is 12.8. The Morgan fingerprint density at radius 1 is 1.36 bits per heavy atom. The molecule has 1 aromatic heterocycles. The second kappa shape index (κ2) is 7.41. The summed E-state index contributed by atoms with van der Waals surface area (Å²) in [6, 6.07) is -0.0971. The van der Waals surface area contributed by atoms with Crippen LogP contribution in [0, 0.1) is 18.3 Å². The number of carbonyl (C=O) groups excluding carboxylic acids is 1. The van der Waals surface area contributed by atoms with Gasteiger partial charge >= 0.3 is 0 Å². The summed E-state index contributed by atoms with van der Waals surface area (Å²) >= 11 is 0. The first-order valence-corrected chi connectivity index (χ1v) is 9.38. The van der Waals surface area contributed by atoms with Crippen LogP contribution in [-0.4, -0.2) is 63.8 Å². The second-order valence-corrected chi connectivity index (χ2v) is 7.92. The van der Waals surface area contributed by atoms with E-state index in [0.717, 1.165) is 51.9 Å². The van der Waals surface area contributed by atoms with Crippen molar-refractivity contribution >= 4 is 5.91 Å². The Balaban J connectivity index is 1.74. The number of amides is 1. The van der Waals surface area contributed by atoms with Gasteiger partial charge < -0.3 is 19.3 Å². The van der Waals surface area contributed by atoms with Gasteiger partial charge in [0.2, 0.25) is 17.7 Å². The Morgan fingerprint density at radius 2 is 2.08 bits per heavy atom. The van der Waals surface area contributed by atoms with E-state index in [4.69, 9.17) is 9.52 Å². The van der Waals surface area contributed by atoms with Crippen LogP contribution in [0.2, 0.25) is 0 Å². The van der Waals surface area contributed by atoms with Gasteiger partial charge in [-0.3, -0.25) is 4.79 Å². The minimum atomic E-state index is -0.0971. The number of nitrogens with zero attached hydrogens (tertiary/aromatic N) is 4. The molecule has 1 amide bonds. The van der Waals surface area contributed by atoms with Crippen molar-refractivity contribution < 1.29 is 14.3 Å². The predicted octanol–water partition coefficient (Wildman–Crippen LogP) is 1.77. The van der Waals surface area contributed by atoms with Gasteiger partial charge in [-0.1, -0.05) is 13.8 Å². The first-order valence-electron chi connectivity index (χ1n) is 9.38. The van der Waals surface area contributed by atoms with Crippen LogP contribution in [0.15, 0.2) is 4.42 Å². The number of hydrogen-bond donors (Lipinski definition) is 1. The maximum Gasteiger partial charge on any atom is 0.238 e. The summed E-state index contributed by atoms with van der Waals surface area (Å²) in [5.74, 6) is 1.25. The van der Waals surface area contributed by atoms with Crippen molar-refractivity contribution in [2.24, 2.45) is 11.3 Å². The molecule has 140 valence electrons. The van der Waals surface area contributed by atoms with Crippen molar-refractivity contribution in [3.8, 4) is 0 Å². The molecule has 0 aromatic carbocycles. The van der Waals surface area contributed by atoms with Gasteiger partial charge in [-0.25, -0.2) is 0 Å². The molecule has 1 N–H and O–H groups in total. The van der Waals surface area contributed by atoms with Gasteiger partial charge in [-0.15, -0.1) is 10.2 Å². The smallest absolute Gasteiger partial charge is 0.238 e. The molecular formula is C18H30N4O3. The van der Waals surface area contributed by atoms with Crippen molar-refractivity contribution in [1.82, 2.24) is 20.0 Å². The lowest BCUT2D eigenvalue weighted by atomic mass is 9.76. The van der Waals surface area contributed by atoms with Crippen molar-refractivity contribution in [2.75, 3.05) is 32.8 Å². The molecule has 3 rings (SSSR count). The third-order valence-electron chi connectivity index (χ3n) is 5.66. The first kappa shape index (κ1) is 18.3. The van der Waals surface area contributed by atoms with E-state index in [1.54, 1.807) is 6.92 Å². The van der Waals surface area contributed by atoms with E-state index in [1.807, 2.05) is 18.7 Å². The first-order chi connectivity index (χ1) is 11.9. The quantitative estimate of drug-likeness (QED) is 0.871. The lowest BCUT2D eigenvalue weighted by Crippen LogP contribution is -2.43. The molecule has 3 heterocycles. The summed E-state index contributed by atoms with van der Waals surface area (Å²) in [6.07, 6.45) is 3.88. The minimum Gasteiger partial charge on any atom is -0.423 e. The average Bonchev–Trinajstić information content (AvgIpc) is 3.18. The van der Waals surface area contributed by atoms with Crippen LogP contribution in [0.4, 0.5) is 0 Å². The lowest BCUT2D eigenvalue weighted by Gasteiger charge is -2.39. The fraction of sp³-hybridized carbons (Fsp3) is 0.833. The Kier molecular flexibility index (Phi) is 5.43. The van der Waals surface area contributed by atoms with Crippen LogP contribution in [-0.2, 0) is 4.79 Å². The summed E-state index contributed by atoms with van der Waals surface area (Å²) in [5, 5.41) is 17.2. The number of aryl methyl sites for hydroxylation is 1. The minimum absolute atomic E-state index is 0.0358. The molecule has 7 heteroatoms. The number of rotatable bonds is 5. The lowest BCUT2D eigenvalue weighted by molar-refractivity contribution is -0.136. The summed E-state index contributed by atoms with van der Waals surface area (Å²) < 4.78 is 5.68. The molecule has 2 aliphatic heterocycles. The molecule has 0 bridgehead atoms. The SMILES string of the molecule is Cc1nnc(C2CC3(CCN(CCCO)CC3)CN2C(=O)C(C)C)o1. The highest BCUT2D eigenvalue weighted by Crippen LogP contribution is 2.49. The summed E-state index contributed by atoms with van der Waals surface area (Å²) in [5.41, 5.74) is 0.146. The zero-order valence-electron chi connectivity index (χ0n) is 15.6. The third-order valence-corrected chi connectivity index (χ3v) is 5.66. The van der Waals surface area contributed by atoms with Crippen molar-refractivity contribution in [2.45, 2.75) is 52.5 Å². The van der Waals surface area contributed by atoms with Crippen LogP contribution < -0.4 is 0 Å². The van der Waals surface area contributed by atoms with Crippen LogP contribution in [0.5, 0.6) is 0 Å². The molecule has 25 heavy (non-hydrogen) atoms. The van der Waals surface area contributed by atoms with Gasteiger partial charge in [0.05, 0.1) is 0 Å². The number of piperidine rings is 1. The molecule has 1 atom stereocenters. The molecule has 1 aromatic rings. The van der Waals surface area contributed by atoms with Crippen molar-refractivity contribution in [3.63, 3.8) is 0 Å². The van der Waals surface area contributed by atoms with Crippen molar-refractivity contribution in [3.05, 3.63) is 11.8 Å². The molecule has 0 saturated carbocycles.